The number of amides is 1. The second-order valence-electron chi connectivity index (χ2n) is 9.20. The third-order valence-corrected chi connectivity index (χ3v) is 6.59. The van der Waals surface area contributed by atoms with E-state index >= 15 is 0 Å². The fourth-order valence-corrected chi connectivity index (χ4v) is 4.35. The number of carbonyl (C=O) groups is 1. The molecule has 0 aromatic heterocycles. The number of hydrogen-bond acceptors (Lipinski definition) is 4. The van der Waals surface area contributed by atoms with E-state index in [1.165, 1.54) is 43.4 Å². The summed E-state index contributed by atoms with van der Waals surface area (Å²) in [6.45, 7) is 0.354. The van der Waals surface area contributed by atoms with Crippen molar-refractivity contribution in [3.8, 4) is 0 Å². The average Bonchev–Trinajstić information content (AvgIpc) is 2.87. The summed E-state index contributed by atoms with van der Waals surface area (Å²) in [7, 11) is 1.50. The van der Waals surface area contributed by atoms with Gasteiger partial charge in [-0.3, -0.25) is 10.1 Å². The van der Waals surface area contributed by atoms with Gasteiger partial charge in [0, 0.05) is 13.1 Å². The van der Waals surface area contributed by atoms with Gasteiger partial charge in [-0.2, -0.15) is 13.2 Å². The summed E-state index contributed by atoms with van der Waals surface area (Å²) >= 11 is 0. The zero-order valence-corrected chi connectivity index (χ0v) is 20.2. The van der Waals surface area contributed by atoms with Gasteiger partial charge in [-0.15, -0.1) is 0 Å². The molecule has 1 aliphatic rings. The van der Waals surface area contributed by atoms with Gasteiger partial charge in [0.1, 0.15) is 17.5 Å². The lowest BCUT2D eigenvalue weighted by Crippen LogP contribution is -2.46. The first-order valence-electron chi connectivity index (χ1n) is 11.9. The van der Waals surface area contributed by atoms with Crippen LogP contribution < -0.4 is 10.6 Å². The number of carbonyl (C=O) groups excluding carboxylic acids is 1. The summed E-state index contributed by atoms with van der Waals surface area (Å²) in [6, 6.07) is 16.7. The minimum Gasteiger partial charge on any atom is -0.380 e. The average molecular weight is 517 g/mol. The van der Waals surface area contributed by atoms with Crippen molar-refractivity contribution >= 4 is 5.91 Å². The molecule has 37 heavy (non-hydrogen) atoms. The molecule has 1 heterocycles. The van der Waals surface area contributed by atoms with Crippen LogP contribution in [-0.4, -0.2) is 31.3 Å². The SMILES string of the molecule is CNC(=O)[C@H](N[C@H](CCc1ccc(C(F)(F)F)cc1)c1cccc(C2(O)COC2)c1)c1ccc(F)cc1. The summed E-state index contributed by atoms with van der Waals surface area (Å²) in [6.07, 6.45) is -3.54. The number of alkyl halides is 3. The van der Waals surface area contributed by atoms with Gasteiger partial charge in [0.2, 0.25) is 5.91 Å². The molecule has 1 aliphatic heterocycles. The molecule has 0 aliphatic carbocycles. The van der Waals surface area contributed by atoms with E-state index in [1.807, 2.05) is 12.1 Å². The van der Waals surface area contributed by atoms with E-state index in [0.29, 0.717) is 29.5 Å². The first-order chi connectivity index (χ1) is 17.6. The van der Waals surface area contributed by atoms with Gasteiger partial charge in [0.25, 0.3) is 0 Å². The Labute approximate surface area is 212 Å². The van der Waals surface area contributed by atoms with Crippen molar-refractivity contribution in [3.05, 3.63) is 106 Å². The molecule has 3 aromatic rings. The number of rotatable bonds is 9. The van der Waals surface area contributed by atoms with Crippen LogP contribution in [0.3, 0.4) is 0 Å². The van der Waals surface area contributed by atoms with Gasteiger partial charge in [0.15, 0.2) is 0 Å². The Morgan fingerprint density at radius 2 is 1.70 bits per heavy atom. The second kappa shape index (κ2) is 11.0. The summed E-state index contributed by atoms with van der Waals surface area (Å²) in [5.74, 6) is -0.754. The van der Waals surface area contributed by atoms with Crippen molar-refractivity contribution in [3.63, 3.8) is 0 Å². The summed E-state index contributed by atoms with van der Waals surface area (Å²) in [5, 5.41) is 16.7. The molecule has 0 spiro atoms. The summed E-state index contributed by atoms with van der Waals surface area (Å²) < 4.78 is 57.6. The quantitative estimate of drug-likeness (QED) is 0.357. The predicted octanol–water partition coefficient (Wildman–Crippen LogP) is 4.81. The van der Waals surface area contributed by atoms with E-state index in [2.05, 4.69) is 10.6 Å². The standard InChI is InChI=1S/C28H28F4N2O3/c1-33-26(35)25(19-8-12-23(29)13-9-19)34-24(14-7-18-5-10-21(11-6-18)28(30,31)32)20-3-2-4-22(15-20)27(36)16-37-17-27/h2-6,8-13,15,24-25,34,36H,7,14,16-17H2,1H3,(H,33,35)/t24-,25-/m1/s1. The fourth-order valence-electron chi connectivity index (χ4n) is 4.35. The molecule has 3 N–H and O–H groups in total. The highest BCUT2D eigenvalue weighted by Crippen LogP contribution is 2.33. The lowest BCUT2D eigenvalue weighted by atomic mass is 9.88. The van der Waals surface area contributed by atoms with E-state index in [1.54, 1.807) is 12.1 Å². The molecular weight excluding hydrogens is 488 g/mol. The molecule has 1 fully saturated rings. The number of aliphatic hydroxyl groups is 1. The van der Waals surface area contributed by atoms with E-state index in [-0.39, 0.29) is 19.1 Å². The Morgan fingerprint density at radius 3 is 2.27 bits per heavy atom. The predicted molar refractivity (Wildman–Crippen MR) is 130 cm³/mol. The lowest BCUT2D eigenvalue weighted by molar-refractivity contribution is -0.184. The molecular formula is C28H28F4N2O3. The maximum Gasteiger partial charge on any atom is 0.416 e. The lowest BCUT2D eigenvalue weighted by Gasteiger charge is -2.37. The monoisotopic (exact) mass is 516 g/mol. The highest BCUT2D eigenvalue weighted by Gasteiger charge is 2.38. The molecule has 2 atom stereocenters. The topological polar surface area (TPSA) is 70.6 Å². The van der Waals surface area contributed by atoms with Crippen molar-refractivity contribution < 1.29 is 32.2 Å². The van der Waals surface area contributed by atoms with Crippen molar-refractivity contribution in [2.24, 2.45) is 0 Å². The van der Waals surface area contributed by atoms with Gasteiger partial charge >= 0.3 is 6.18 Å². The van der Waals surface area contributed by atoms with Crippen LogP contribution >= 0.6 is 0 Å². The number of ether oxygens (including phenoxy) is 1. The number of nitrogens with one attached hydrogen (secondary N) is 2. The molecule has 1 saturated heterocycles. The minimum absolute atomic E-state index is 0.177. The fraction of sp³-hybridized carbons (Fsp3) is 0.321. The molecule has 0 bridgehead atoms. The minimum atomic E-state index is -4.41. The van der Waals surface area contributed by atoms with Crippen molar-refractivity contribution in [2.45, 2.75) is 36.7 Å². The molecule has 1 amide bonds. The first kappa shape index (κ1) is 26.8. The molecule has 9 heteroatoms. The van der Waals surface area contributed by atoms with Gasteiger partial charge in [-0.1, -0.05) is 48.5 Å². The molecule has 0 unspecified atom stereocenters. The zero-order chi connectivity index (χ0) is 26.6. The van der Waals surface area contributed by atoms with E-state index in [9.17, 15) is 27.5 Å². The van der Waals surface area contributed by atoms with Crippen LogP contribution in [0.15, 0.2) is 72.8 Å². The number of aryl methyl sites for hydroxylation is 1. The van der Waals surface area contributed by atoms with Gasteiger partial charge in [-0.25, -0.2) is 4.39 Å². The number of likely N-dealkylation sites (N-methyl/N-ethyl adjacent to an activating group) is 1. The second-order valence-corrected chi connectivity index (χ2v) is 9.20. The maximum absolute atomic E-state index is 13.5. The molecule has 5 nitrogen and oxygen atoms in total. The van der Waals surface area contributed by atoms with Crippen LogP contribution in [0.4, 0.5) is 17.6 Å². The molecule has 4 rings (SSSR count). The van der Waals surface area contributed by atoms with E-state index in [0.717, 1.165) is 17.7 Å². The van der Waals surface area contributed by atoms with Crippen molar-refractivity contribution in [2.75, 3.05) is 20.3 Å². The zero-order valence-electron chi connectivity index (χ0n) is 20.2. The number of halogens is 4. The molecule has 196 valence electrons. The van der Waals surface area contributed by atoms with Gasteiger partial charge < -0.3 is 15.2 Å². The van der Waals surface area contributed by atoms with Crippen LogP contribution in [0.25, 0.3) is 0 Å². The Hall–Kier alpha value is -3.27. The Bertz CT molecular complexity index is 1210. The third-order valence-electron chi connectivity index (χ3n) is 6.59. The maximum atomic E-state index is 13.5. The Balaban J connectivity index is 1.63. The highest BCUT2D eigenvalue weighted by molar-refractivity contribution is 5.83. The highest BCUT2D eigenvalue weighted by atomic mass is 19.4. The Morgan fingerprint density at radius 1 is 1.03 bits per heavy atom. The van der Waals surface area contributed by atoms with Crippen LogP contribution in [0, 0.1) is 5.82 Å². The van der Waals surface area contributed by atoms with Gasteiger partial charge in [0.05, 0.1) is 18.8 Å². The number of hydrogen-bond donors (Lipinski definition) is 3. The normalized spacial score (nSPS) is 16.5. The summed E-state index contributed by atoms with van der Waals surface area (Å²) in [4.78, 5) is 12.8. The summed E-state index contributed by atoms with van der Waals surface area (Å²) in [5.41, 5.74) is 0.926. The first-order valence-corrected chi connectivity index (χ1v) is 11.9. The van der Waals surface area contributed by atoms with Crippen LogP contribution in [0.2, 0.25) is 0 Å². The van der Waals surface area contributed by atoms with E-state index < -0.39 is 35.2 Å². The third kappa shape index (κ3) is 6.36. The Kier molecular flexibility index (Phi) is 7.96. The number of benzene rings is 3. The van der Waals surface area contributed by atoms with Crippen molar-refractivity contribution in [1.82, 2.24) is 10.6 Å². The van der Waals surface area contributed by atoms with E-state index in [4.69, 9.17) is 4.74 Å². The molecule has 0 saturated carbocycles. The smallest absolute Gasteiger partial charge is 0.380 e. The van der Waals surface area contributed by atoms with Crippen LogP contribution in [-0.2, 0) is 27.7 Å². The molecule has 0 radical (unpaired) electrons. The van der Waals surface area contributed by atoms with Crippen LogP contribution in [0.5, 0.6) is 0 Å². The van der Waals surface area contributed by atoms with Gasteiger partial charge in [-0.05, 0) is 59.4 Å². The molecule has 3 aromatic carbocycles. The van der Waals surface area contributed by atoms with Crippen molar-refractivity contribution in [1.29, 1.82) is 0 Å². The largest absolute Gasteiger partial charge is 0.416 e. The van der Waals surface area contributed by atoms with Crippen LogP contribution in [0.1, 0.15) is 46.3 Å².